The van der Waals surface area contributed by atoms with Gasteiger partial charge < -0.3 is 21.3 Å². The molecule has 9 heteroatoms. The minimum atomic E-state index is -1.09. The van der Waals surface area contributed by atoms with Crippen LogP contribution in [-0.2, 0) is 16.1 Å². The summed E-state index contributed by atoms with van der Waals surface area (Å²) in [5.74, 6) is -1.49. The van der Waals surface area contributed by atoms with Gasteiger partial charge in [-0.2, -0.15) is 0 Å². The van der Waals surface area contributed by atoms with Crippen molar-refractivity contribution in [1.82, 2.24) is 9.80 Å². The van der Waals surface area contributed by atoms with E-state index in [1.165, 1.54) is 16.7 Å². The molecule has 3 aliphatic heterocycles. The van der Waals surface area contributed by atoms with E-state index in [9.17, 15) is 19.8 Å². The Balaban J connectivity index is 1.38. The molecule has 168 valence electrons. The number of carbonyl (C=O) groups excluding carboxylic acids is 1. The van der Waals surface area contributed by atoms with Crippen LogP contribution in [0.1, 0.15) is 25.8 Å². The van der Waals surface area contributed by atoms with Gasteiger partial charge in [-0.1, -0.05) is 19.1 Å². The molecule has 0 spiro atoms. The Kier molecular flexibility index (Phi) is 6.04. The number of rotatable bonds is 8. The second-order valence-corrected chi connectivity index (χ2v) is 10.2. The highest BCUT2D eigenvalue weighted by atomic mass is 32.2. The molecule has 0 aromatic heterocycles. The molecule has 0 saturated carbocycles. The number of benzene rings is 1. The third-order valence-electron chi connectivity index (χ3n) is 6.58. The number of carbonyl (C=O) groups is 2. The van der Waals surface area contributed by atoms with Crippen LogP contribution < -0.4 is 11.1 Å². The van der Waals surface area contributed by atoms with Crippen LogP contribution in [0.3, 0.4) is 0 Å². The van der Waals surface area contributed by atoms with Crippen molar-refractivity contribution in [2.24, 2.45) is 11.7 Å². The smallest absolute Gasteiger partial charge is 0.352 e. The molecule has 8 nitrogen and oxygen atoms in total. The number of aliphatic hydroxyl groups excluding tert-OH is 1. The molecule has 31 heavy (non-hydrogen) atoms. The van der Waals surface area contributed by atoms with Crippen LogP contribution in [0, 0.1) is 5.92 Å². The molecule has 0 aliphatic carbocycles. The fourth-order valence-electron chi connectivity index (χ4n) is 4.97. The van der Waals surface area contributed by atoms with Crippen molar-refractivity contribution in [2.45, 2.75) is 49.0 Å². The van der Waals surface area contributed by atoms with Gasteiger partial charge in [0.1, 0.15) is 10.4 Å². The predicted octanol–water partition coefficient (Wildman–Crippen LogP) is 1.27. The van der Waals surface area contributed by atoms with Crippen LogP contribution in [0.4, 0.5) is 5.69 Å². The van der Waals surface area contributed by atoms with Crippen molar-refractivity contribution in [2.75, 3.05) is 25.1 Å². The monoisotopic (exact) mass is 446 g/mol. The number of nitrogens with one attached hydrogen (secondary N) is 1. The third-order valence-corrected chi connectivity index (χ3v) is 8.44. The van der Waals surface area contributed by atoms with E-state index in [1.807, 2.05) is 31.2 Å². The summed E-state index contributed by atoms with van der Waals surface area (Å²) in [4.78, 5) is 28.3. The van der Waals surface area contributed by atoms with E-state index in [0.717, 1.165) is 30.8 Å². The van der Waals surface area contributed by atoms with E-state index in [2.05, 4.69) is 10.2 Å². The average molecular weight is 447 g/mol. The molecule has 3 unspecified atom stereocenters. The standard InChI is InChI=1S/C22H30N4O4S/c1-13-9-18(20(28)29)26-19(13)22(14(2)27,21(26)30)31-17-7-8-25(11-17)12-24-16-5-3-15(10-23)4-6-16/h3-6,9,13-14,17,19,24,27H,7-8,10-12,23H2,1-2H3,(H,28,29)/t13?,14?,17?,19-,22-/m0/s1. The van der Waals surface area contributed by atoms with E-state index >= 15 is 0 Å². The normalized spacial score (nSPS) is 31.2. The van der Waals surface area contributed by atoms with Crippen LogP contribution in [-0.4, -0.2) is 73.8 Å². The highest BCUT2D eigenvalue weighted by Gasteiger charge is 2.69. The fourth-order valence-corrected chi connectivity index (χ4v) is 6.88. The van der Waals surface area contributed by atoms with Crippen LogP contribution in [0.15, 0.2) is 36.0 Å². The quantitative estimate of drug-likeness (QED) is 0.441. The summed E-state index contributed by atoms with van der Waals surface area (Å²) in [6.07, 6.45) is 1.69. The van der Waals surface area contributed by atoms with E-state index in [0.29, 0.717) is 13.2 Å². The van der Waals surface area contributed by atoms with Crippen LogP contribution in [0.2, 0.25) is 0 Å². The Morgan fingerprint density at radius 3 is 2.71 bits per heavy atom. The summed E-state index contributed by atoms with van der Waals surface area (Å²) in [6, 6.07) is 7.73. The molecular weight excluding hydrogens is 416 g/mol. The van der Waals surface area contributed by atoms with Gasteiger partial charge in [-0.05, 0) is 43.0 Å². The van der Waals surface area contributed by atoms with Crippen LogP contribution in [0.5, 0.6) is 0 Å². The van der Waals surface area contributed by atoms with Gasteiger partial charge in [-0.3, -0.25) is 14.6 Å². The van der Waals surface area contributed by atoms with Gasteiger partial charge in [-0.25, -0.2) is 4.79 Å². The molecule has 0 bridgehead atoms. The first kappa shape index (κ1) is 22.1. The zero-order chi connectivity index (χ0) is 22.3. The maximum atomic E-state index is 13.1. The number of fused-ring (bicyclic) bond motifs is 1. The number of anilines is 1. The Morgan fingerprint density at radius 1 is 1.39 bits per heavy atom. The SMILES string of the molecule is CC1C=C(C(=O)O)N2C(=O)[C@](SC3CCN(CNc4ccc(CN)cc4)C3)(C(C)O)[C@H]12. The summed E-state index contributed by atoms with van der Waals surface area (Å²) < 4.78 is -0.987. The first-order valence-corrected chi connectivity index (χ1v) is 11.6. The zero-order valence-corrected chi connectivity index (χ0v) is 18.6. The van der Waals surface area contributed by atoms with E-state index in [1.54, 1.807) is 13.0 Å². The van der Waals surface area contributed by atoms with Crippen LogP contribution >= 0.6 is 11.8 Å². The molecule has 4 rings (SSSR count). The number of likely N-dealkylation sites (tertiary alicyclic amines) is 1. The fraction of sp³-hybridized carbons (Fsp3) is 0.545. The Bertz CT molecular complexity index is 890. The number of aliphatic hydroxyl groups is 1. The maximum Gasteiger partial charge on any atom is 0.352 e. The summed E-state index contributed by atoms with van der Waals surface area (Å²) >= 11 is 1.53. The number of hydrogen-bond acceptors (Lipinski definition) is 7. The molecule has 1 amide bonds. The molecule has 3 heterocycles. The van der Waals surface area contributed by atoms with Crippen molar-refractivity contribution in [3.63, 3.8) is 0 Å². The van der Waals surface area contributed by atoms with Crippen molar-refractivity contribution < 1.29 is 19.8 Å². The predicted molar refractivity (Wildman–Crippen MR) is 120 cm³/mol. The van der Waals surface area contributed by atoms with E-state index < -0.39 is 16.8 Å². The lowest BCUT2D eigenvalue weighted by Gasteiger charge is -2.56. The molecule has 1 aromatic rings. The second kappa shape index (κ2) is 8.46. The maximum absolute atomic E-state index is 13.1. The number of β-lactam (4-membered cyclic amide) rings is 1. The first-order valence-electron chi connectivity index (χ1n) is 10.7. The number of carboxylic acid groups (broad SMARTS) is 1. The highest BCUT2D eigenvalue weighted by Crippen LogP contribution is 2.55. The lowest BCUT2D eigenvalue weighted by Crippen LogP contribution is -2.76. The van der Waals surface area contributed by atoms with Gasteiger partial charge >= 0.3 is 5.97 Å². The Morgan fingerprint density at radius 2 is 2.10 bits per heavy atom. The molecule has 2 fully saturated rings. The van der Waals surface area contributed by atoms with Crippen molar-refractivity contribution >= 4 is 29.3 Å². The Labute approximate surface area is 186 Å². The summed E-state index contributed by atoms with van der Waals surface area (Å²) in [5, 5.41) is 23.7. The van der Waals surface area contributed by atoms with Gasteiger partial charge in [0.05, 0.1) is 18.8 Å². The number of nitrogens with two attached hydrogens (primary N) is 1. The molecule has 5 atom stereocenters. The summed E-state index contributed by atoms with van der Waals surface area (Å²) in [6.45, 7) is 6.49. The third kappa shape index (κ3) is 3.73. The molecule has 3 aliphatic rings. The average Bonchev–Trinajstić information content (AvgIpc) is 3.32. The molecular formula is C22H30N4O4S. The van der Waals surface area contributed by atoms with Gasteiger partial charge in [0.2, 0.25) is 5.91 Å². The highest BCUT2D eigenvalue weighted by molar-refractivity contribution is 8.02. The lowest BCUT2D eigenvalue weighted by atomic mass is 9.78. The number of carboxylic acids is 1. The summed E-state index contributed by atoms with van der Waals surface area (Å²) in [7, 11) is 0. The van der Waals surface area contributed by atoms with Gasteiger partial charge in [-0.15, -0.1) is 11.8 Å². The van der Waals surface area contributed by atoms with Gasteiger partial charge in [0, 0.05) is 30.6 Å². The van der Waals surface area contributed by atoms with E-state index in [4.69, 9.17) is 5.73 Å². The second-order valence-electron chi connectivity index (χ2n) is 8.65. The number of hydrogen-bond donors (Lipinski definition) is 4. The first-order chi connectivity index (χ1) is 14.8. The number of thioether (sulfide) groups is 1. The topological polar surface area (TPSA) is 119 Å². The largest absolute Gasteiger partial charge is 0.477 e. The molecule has 5 N–H and O–H groups in total. The number of nitrogens with zero attached hydrogens (tertiary/aromatic N) is 2. The van der Waals surface area contributed by atoms with Gasteiger partial charge in [0.15, 0.2) is 0 Å². The van der Waals surface area contributed by atoms with Crippen molar-refractivity contribution in [3.05, 3.63) is 41.6 Å². The minimum Gasteiger partial charge on any atom is -0.477 e. The number of amides is 1. The van der Waals surface area contributed by atoms with Crippen molar-refractivity contribution in [3.8, 4) is 0 Å². The van der Waals surface area contributed by atoms with E-state index in [-0.39, 0.29) is 28.8 Å². The zero-order valence-electron chi connectivity index (χ0n) is 17.8. The molecule has 2 saturated heterocycles. The van der Waals surface area contributed by atoms with Crippen molar-refractivity contribution in [1.29, 1.82) is 0 Å². The minimum absolute atomic E-state index is 0.0391. The Hall–Kier alpha value is -2.07. The summed E-state index contributed by atoms with van der Waals surface area (Å²) in [5.41, 5.74) is 7.80. The molecule has 1 aromatic carbocycles. The van der Waals surface area contributed by atoms with Gasteiger partial charge in [0.25, 0.3) is 0 Å². The molecule has 0 radical (unpaired) electrons. The number of aliphatic carboxylic acids is 1. The van der Waals surface area contributed by atoms with Crippen LogP contribution in [0.25, 0.3) is 0 Å². The lowest BCUT2D eigenvalue weighted by molar-refractivity contribution is -0.158.